The molecule has 3 heteroatoms. The molecule has 0 fully saturated rings. The van der Waals surface area contributed by atoms with Crippen molar-refractivity contribution in [2.75, 3.05) is 0 Å². The molecule has 0 atom stereocenters. The number of hydrogen-bond donors (Lipinski definition) is 1. The number of fused-ring (bicyclic) bond motifs is 1. The van der Waals surface area contributed by atoms with E-state index in [1.807, 2.05) is 48.5 Å². The molecule has 0 bridgehead atoms. The first-order valence-corrected chi connectivity index (χ1v) is 6.61. The molecule has 0 heterocycles. The predicted molar refractivity (Wildman–Crippen MR) is 81.1 cm³/mol. The summed E-state index contributed by atoms with van der Waals surface area (Å²) in [7, 11) is 0. The van der Waals surface area contributed by atoms with Gasteiger partial charge in [-0.05, 0) is 29.8 Å². The van der Waals surface area contributed by atoms with Gasteiger partial charge in [0.25, 0.3) is 0 Å². The SMILES string of the molecule is N#Cc1ccc(Oc2ccc(CO)cc2)c2ccccc12. The van der Waals surface area contributed by atoms with Gasteiger partial charge in [0.15, 0.2) is 0 Å². The number of aliphatic hydroxyl groups is 1. The summed E-state index contributed by atoms with van der Waals surface area (Å²) < 4.78 is 5.90. The van der Waals surface area contributed by atoms with E-state index in [-0.39, 0.29) is 6.61 Å². The van der Waals surface area contributed by atoms with Crippen molar-refractivity contribution in [1.29, 1.82) is 5.26 Å². The molecule has 0 spiro atoms. The van der Waals surface area contributed by atoms with Gasteiger partial charge in [-0.1, -0.05) is 36.4 Å². The third-order valence-corrected chi connectivity index (χ3v) is 3.34. The van der Waals surface area contributed by atoms with Crippen LogP contribution >= 0.6 is 0 Å². The normalized spacial score (nSPS) is 10.3. The number of benzene rings is 3. The maximum absolute atomic E-state index is 9.16. The van der Waals surface area contributed by atoms with Crippen molar-refractivity contribution in [3.8, 4) is 17.6 Å². The fourth-order valence-electron chi connectivity index (χ4n) is 2.25. The van der Waals surface area contributed by atoms with Gasteiger partial charge < -0.3 is 9.84 Å². The first-order chi connectivity index (χ1) is 10.3. The standard InChI is InChI=1S/C18H13NO2/c19-11-14-7-10-18(17-4-2-1-3-16(14)17)21-15-8-5-13(12-20)6-9-15/h1-10,20H,12H2. The quantitative estimate of drug-likeness (QED) is 0.786. The van der Waals surface area contributed by atoms with Crippen molar-refractivity contribution in [2.45, 2.75) is 6.61 Å². The van der Waals surface area contributed by atoms with E-state index in [0.29, 0.717) is 17.1 Å². The summed E-state index contributed by atoms with van der Waals surface area (Å²) in [5.74, 6) is 1.41. The molecule has 3 rings (SSSR count). The Morgan fingerprint density at radius 3 is 2.29 bits per heavy atom. The van der Waals surface area contributed by atoms with Crippen LogP contribution in [-0.2, 0) is 6.61 Å². The van der Waals surface area contributed by atoms with Gasteiger partial charge in [-0.2, -0.15) is 5.26 Å². The second-order valence-electron chi connectivity index (χ2n) is 4.67. The summed E-state index contributed by atoms with van der Waals surface area (Å²) in [6, 6.07) is 20.7. The highest BCUT2D eigenvalue weighted by molar-refractivity contribution is 5.92. The van der Waals surface area contributed by atoms with E-state index < -0.39 is 0 Å². The number of nitrogens with zero attached hydrogens (tertiary/aromatic N) is 1. The number of ether oxygens (including phenoxy) is 1. The molecular weight excluding hydrogens is 262 g/mol. The maximum Gasteiger partial charge on any atom is 0.135 e. The van der Waals surface area contributed by atoms with Gasteiger partial charge >= 0.3 is 0 Å². The monoisotopic (exact) mass is 275 g/mol. The summed E-state index contributed by atoms with van der Waals surface area (Å²) >= 11 is 0. The van der Waals surface area contributed by atoms with Crippen molar-refractivity contribution < 1.29 is 9.84 Å². The van der Waals surface area contributed by atoms with Crippen molar-refractivity contribution in [1.82, 2.24) is 0 Å². The minimum atomic E-state index is 0.0140. The Kier molecular flexibility index (Phi) is 3.55. The van der Waals surface area contributed by atoms with Crippen LogP contribution in [-0.4, -0.2) is 5.11 Å². The zero-order valence-electron chi connectivity index (χ0n) is 11.3. The lowest BCUT2D eigenvalue weighted by Gasteiger charge is -2.10. The van der Waals surface area contributed by atoms with E-state index in [9.17, 15) is 0 Å². The molecule has 0 unspecified atom stereocenters. The molecule has 0 saturated heterocycles. The Bertz CT molecular complexity index is 817. The molecule has 0 aromatic heterocycles. The van der Waals surface area contributed by atoms with Gasteiger partial charge in [-0.25, -0.2) is 0 Å². The average Bonchev–Trinajstić information content (AvgIpc) is 2.56. The Labute approximate surface area is 122 Å². The summed E-state index contributed by atoms with van der Waals surface area (Å²) in [6.07, 6.45) is 0. The van der Waals surface area contributed by atoms with Crippen molar-refractivity contribution >= 4 is 10.8 Å². The van der Waals surface area contributed by atoms with Crippen LogP contribution < -0.4 is 4.74 Å². The number of aliphatic hydroxyl groups excluding tert-OH is 1. The van der Waals surface area contributed by atoms with Crippen molar-refractivity contribution in [2.24, 2.45) is 0 Å². The van der Waals surface area contributed by atoms with Gasteiger partial charge in [0.2, 0.25) is 0 Å². The molecule has 1 N–H and O–H groups in total. The smallest absolute Gasteiger partial charge is 0.135 e. The lowest BCUT2D eigenvalue weighted by atomic mass is 10.0. The van der Waals surface area contributed by atoms with E-state index in [1.54, 1.807) is 12.1 Å². The molecule has 3 aromatic carbocycles. The van der Waals surface area contributed by atoms with Gasteiger partial charge in [0.05, 0.1) is 18.2 Å². The third kappa shape index (κ3) is 2.58. The number of nitriles is 1. The zero-order valence-corrected chi connectivity index (χ0v) is 11.3. The van der Waals surface area contributed by atoms with E-state index in [2.05, 4.69) is 6.07 Å². The highest BCUT2D eigenvalue weighted by Crippen LogP contribution is 2.31. The molecule has 102 valence electrons. The molecule has 0 aliphatic carbocycles. The second kappa shape index (κ2) is 5.66. The van der Waals surface area contributed by atoms with Gasteiger partial charge in [0, 0.05) is 10.8 Å². The van der Waals surface area contributed by atoms with E-state index in [1.165, 1.54) is 0 Å². The fourth-order valence-corrected chi connectivity index (χ4v) is 2.25. The molecule has 0 radical (unpaired) electrons. The minimum absolute atomic E-state index is 0.0140. The Morgan fingerprint density at radius 1 is 0.905 bits per heavy atom. The molecule has 3 aromatic rings. The second-order valence-corrected chi connectivity index (χ2v) is 4.67. The van der Waals surface area contributed by atoms with E-state index in [0.717, 1.165) is 16.3 Å². The molecule has 0 aliphatic rings. The average molecular weight is 275 g/mol. The van der Waals surface area contributed by atoms with Gasteiger partial charge in [-0.3, -0.25) is 0 Å². The summed E-state index contributed by atoms with van der Waals surface area (Å²) in [5, 5.41) is 20.0. The van der Waals surface area contributed by atoms with E-state index >= 15 is 0 Å². The van der Waals surface area contributed by atoms with Crippen LogP contribution in [0.15, 0.2) is 60.7 Å². The molecule has 0 aliphatic heterocycles. The Balaban J connectivity index is 2.02. The van der Waals surface area contributed by atoms with Crippen LogP contribution in [0.2, 0.25) is 0 Å². The lowest BCUT2D eigenvalue weighted by molar-refractivity contribution is 0.281. The number of rotatable bonds is 3. The van der Waals surface area contributed by atoms with Crippen LogP contribution in [0.25, 0.3) is 10.8 Å². The highest BCUT2D eigenvalue weighted by Gasteiger charge is 2.07. The van der Waals surface area contributed by atoms with Crippen LogP contribution in [0.4, 0.5) is 0 Å². The largest absolute Gasteiger partial charge is 0.457 e. The topological polar surface area (TPSA) is 53.2 Å². The first kappa shape index (κ1) is 13.2. The van der Waals surface area contributed by atoms with Crippen molar-refractivity contribution in [3.05, 3.63) is 71.8 Å². The summed E-state index contributed by atoms with van der Waals surface area (Å²) in [5.41, 5.74) is 1.47. The van der Waals surface area contributed by atoms with Gasteiger partial charge in [0.1, 0.15) is 11.5 Å². The zero-order chi connectivity index (χ0) is 14.7. The molecule has 21 heavy (non-hydrogen) atoms. The fraction of sp³-hybridized carbons (Fsp3) is 0.0556. The summed E-state index contributed by atoms with van der Waals surface area (Å²) in [6.45, 7) is 0.0140. The van der Waals surface area contributed by atoms with Crippen LogP contribution in [0.3, 0.4) is 0 Å². The van der Waals surface area contributed by atoms with Crippen LogP contribution in [0.1, 0.15) is 11.1 Å². The maximum atomic E-state index is 9.16. The minimum Gasteiger partial charge on any atom is -0.457 e. The number of hydrogen-bond acceptors (Lipinski definition) is 3. The predicted octanol–water partition coefficient (Wildman–Crippen LogP) is 4.00. The highest BCUT2D eigenvalue weighted by atomic mass is 16.5. The lowest BCUT2D eigenvalue weighted by Crippen LogP contribution is -1.89. The first-order valence-electron chi connectivity index (χ1n) is 6.61. The molecule has 3 nitrogen and oxygen atoms in total. The Hall–Kier alpha value is -2.83. The molecular formula is C18H13NO2. The molecule has 0 amide bonds. The third-order valence-electron chi connectivity index (χ3n) is 3.34. The summed E-state index contributed by atoms with van der Waals surface area (Å²) in [4.78, 5) is 0. The van der Waals surface area contributed by atoms with Crippen LogP contribution in [0, 0.1) is 11.3 Å². The van der Waals surface area contributed by atoms with Crippen LogP contribution in [0.5, 0.6) is 11.5 Å². The molecule has 0 saturated carbocycles. The van der Waals surface area contributed by atoms with Crippen molar-refractivity contribution in [3.63, 3.8) is 0 Å². The Morgan fingerprint density at radius 2 is 1.62 bits per heavy atom. The van der Waals surface area contributed by atoms with Gasteiger partial charge in [-0.15, -0.1) is 0 Å². The van der Waals surface area contributed by atoms with E-state index in [4.69, 9.17) is 15.1 Å².